The molecule has 0 bridgehead atoms. The fraction of sp³-hybridized carbons (Fsp3) is 0.353. The number of rotatable bonds is 8. The van der Waals surface area contributed by atoms with Crippen LogP contribution in [-0.4, -0.2) is 28.7 Å². The molecule has 1 amide bonds. The molecule has 2 N–H and O–H groups in total. The average molecular weight is 286 g/mol. The number of unbranched alkanes of at least 4 members (excludes halogenated alkanes) is 3. The van der Waals surface area contributed by atoms with Gasteiger partial charge in [0.1, 0.15) is 0 Å². The minimum Gasteiger partial charge on any atom is -0.396 e. The monoisotopic (exact) mass is 286 g/mol. The van der Waals surface area contributed by atoms with E-state index in [1.807, 2.05) is 53.4 Å². The summed E-state index contributed by atoms with van der Waals surface area (Å²) in [7, 11) is 0. The van der Waals surface area contributed by atoms with Gasteiger partial charge in [-0.15, -0.1) is 0 Å². The first-order valence-electron chi connectivity index (χ1n) is 7.44. The van der Waals surface area contributed by atoms with Crippen molar-refractivity contribution in [1.82, 2.24) is 9.88 Å². The minimum atomic E-state index is -0.0360. The molecule has 0 unspecified atom stereocenters. The Morgan fingerprint density at radius 2 is 1.81 bits per heavy atom. The van der Waals surface area contributed by atoms with Crippen molar-refractivity contribution in [3.05, 3.63) is 54.4 Å². The van der Waals surface area contributed by atoms with Crippen LogP contribution in [0.25, 0.3) is 5.69 Å². The molecular formula is C17H22N2O2. The van der Waals surface area contributed by atoms with Gasteiger partial charge in [-0.3, -0.25) is 4.79 Å². The Morgan fingerprint density at radius 3 is 2.57 bits per heavy atom. The summed E-state index contributed by atoms with van der Waals surface area (Å²) in [5, 5.41) is 11.6. The SMILES string of the molecule is O=C(NCCCCCCO)c1cccc(-n2cccc2)c1. The molecular weight excluding hydrogens is 264 g/mol. The third-order valence-electron chi connectivity index (χ3n) is 3.38. The van der Waals surface area contributed by atoms with Gasteiger partial charge in [-0.05, 0) is 43.2 Å². The molecule has 0 spiro atoms. The Balaban J connectivity index is 1.84. The highest BCUT2D eigenvalue weighted by molar-refractivity contribution is 5.94. The molecule has 1 aromatic carbocycles. The Kier molecular flexibility index (Phi) is 6.03. The lowest BCUT2D eigenvalue weighted by Crippen LogP contribution is -2.24. The van der Waals surface area contributed by atoms with Crippen molar-refractivity contribution in [2.24, 2.45) is 0 Å². The van der Waals surface area contributed by atoms with Crippen LogP contribution < -0.4 is 5.32 Å². The van der Waals surface area contributed by atoms with E-state index in [1.165, 1.54) is 0 Å². The van der Waals surface area contributed by atoms with Crippen LogP contribution in [0.5, 0.6) is 0 Å². The van der Waals surface area contributed by atoms with Crippen molar-refractivity contribution in [2.75, 3.05) is 13.2 Å². The molecule has 0 fully saturated rings. The maximum Gasteiger partial charge on any atom is 0.251 e. The topological polar surface area (TPSA) is 54.3 Å². The average Bonchev–Trinajstić information content (AvgIpc) is 3.05. The van der Waals surface area contributed by atoms with E-state index in [0.717, 1.165) is 31.4 Å². The van der Waals surface area contributed by atoms with Gasteiger partial charge in [0.05, 0.1) is 0 Å². The van der Waals surface area contributed by atoms with Gasteiger partial charge < -0.3 is 15.0 Å². The van der Waals surface area contributed by atoms with Gasteiger partial charge in [0.15, 0.2) is 0 Å². The van der Waals surface area contributed by atoms with E-state index in [-0.39, 0.29) is 12.5 Å². The van der Waals surface area contributed by atoms with Crippen molar-refractivity contribution in [3.63, 3.8) is 0 Å². The number of benzene rings is 1. The van der Waals surface area contributed by atoms with Gasteiger partial charge >= 0.3 is 0 Å². The maximum atomic E-state index is 12.1. The number of nitrogens with one attached hydrogen (secondary N) is 1. The molecule has 0 aliphatic rings. The zero-order valence-electron chi connectivity index (χ0n) is 12.2. The number of carbonyl (C=O) groups is 1. The molecule has 112 valence electrons. The third-order valence-corrected chi connectivity index (χ3v) is 3.38. The second-order valence-corrected chi connectivity index (χ2v) is 5.03. The summed E-state index contributed by atoms with van der Waals surface area (Å²) in [6.07, 6.45) is 7.74. The summed E-state index contributed by atoms with van der Waals surface area (Å²) in [6.45, 7) is 0.927. The van der Waals surface area contributed by atoms with Gasteiger partial charge in [-0.1, -0.05) is 18.9 Å². The lowest BCUT2D eigenvalue weighted by Gasteiger charge is -2.08. The van der Waals surface area contributed by atoms with Gasteiger partial charge in [-0.2, -0.15) is 0 Å². The lowest BCUT2D eigenvalue weighted by atomic mass is 10.1. The van der Waals surface area contributed by atoms with Crippen LogP contribution in [-0.2, 0) is 0 Å². The van der Waals surface area contributed by atoms with E-state index >= 15 is 0 Å². The second-order valence-electron chi connectivity index (χ2n) is 5.03. The van der Waals surface area contributed by atoms with Gasteiger partial charge in [0.25, 0.3) is 5.91 Å². The largest absolute Gasteiger partial charge is 0.396 e. The summed E-state index contributed by atoms with van der Waals surface area (Å²) in [5.41, 5.74) is 1.66. The van der Waals surface area contributed by atoms with Gasteiger partial charge in [0.2, 0.25) is 0 Å². The van der Waals surface area contributed by atoms with Crippen LogP contribution in [0.3, 0.4) is 0 Å². The number of hydrogen-bond donors (Lipinski definition) is 2. The lowest BCUT2D eigenvalue weighted by molar-refractivity contribution is 0.0953. The quantitative estimate of drug-likeness (QED) is 0.733. The second kappa shape index (κ2) is 8.27. The zero-order valence-corrected chi connectivity index (χ0v) is 12.2. The molecule has 2 rings (SSSR count). The number of hydrogen-bond acceptors (Lipinski definition) is 2. The number of nitrogens with zero attached hydrogens (tertiary/aromatic N) is 1. The van der Waals surface area contributed by atoms with Crippen molar-refractivity contribution in [1.29, 1.82) is 0 Å². The van der Waals surface area contributed by atoms with E-state index in [4.69, 9.17) is 5.11 Å². The van der Waals surface area contributed by atoms with E-state index in [1.54, 1.807) is 0 Å². The first-order valence-corrected chi connectivity index (χ1v) is 7.44. The molecule has 0 aliphatic carbocycles. The molecule has 0 saturated carbocycles. The van der Waals surface area contributed by atoms with Gasteiger partial charge in [0, 0.05) is 36.8 Å². The van der Waals surface area contributed by atoms with Crippen LogP contribution >= 0.6 is 0 Å². The summed E-state index contributed by atoms with van der Waals surface area (Å²) in [5.74, 6) is -0.0360. The normalized spacial score (nSPS) is 10.5. The highest BCUT2D eigenvalue weighted by atomic mass is 16.2. The number of aromatic nitrogens is 1. The molecule has 0 atom stereocenters. The Labute approximate surface area is 125 Å². The van der Waals surface area contributed by atoms with E-state index < -0.39 is 0 Å². The molecule has 0 aliphatic heterocycles. The number of amides is 1. The molecule has 21 heavy (non-hydrogen) atoms. The van der Waals surface area contributed by atoms with E-state index in [9.17, 15) is 4.79 Å². The highest BCUT2D eigenvalue weighted by Crippen LogP contribution is 2.11. The van der Waals surface area contributed by atoms with Gasteiger partial charge in [-0.25, -0.2) is 0 Å². The first-order chi connectivity index (χ1) is 10.3. The van der Waals surface area contributed by atoms with Crippen molar-refractivity contribution >= 4 is 5.91 Å². The number of aliphatic hydroxyl groups is 1. The molecule has 1 heterocycles. The predicted octanol–water partition coefficient (Wildman–Crippen LogP) is 2.76. The highest BCUT2D eigenvalue weighted by Gasteiger charge is 2.06. The molecule has 0 saturated heterocycles. The Morgan fingerprint density at radius 1 is 1.05 bits per heavy atom. The van der Waals surface area contributed by atoms with Crippen molar-refractivity contribution < 1.29 is 9.90 Å². The van der Waals surface area contributed by atoms with Crippen LogP contribution in [0.1, 0.15) is 36.0 Å². The molecule has 4 heteroatoms. The standard InChI is InChI=1S/C17H22N2O2/c20-13-6-2-1-3-10-18-17(21)15-8-7-9-16(14-15)19-11-4-5-12-19/h4-5,7-9,11-12,14,20H,1-3,6,10,13H2,(H,18,21). The zero-order chi connectivity index (χ0) is 14.9. The Bertz CT molecular complexity index is 550. The molecule has 4 nitrogen and oxygen atoms in total. The van der Waals surface area contributed by atoms with Crippen molar-refractivity contribution in [3.8, 4) is 5.69 Å². The van der Waals surface area contributed by atoms with Crippen LogP contribution in [0.4, 0.5) is 0 Å². The first kappa shape index (κ1) is 15.3. The molecule has 2 aromatic rings. The third kappa shape index (κ3) is 4.76. The van der Waals surface area contributed by atoms with Crippen molar-refractivity contribution in [2.45, 2.75) is 25.7 Å². The summed E-state index contributed by atoms with van der Waals surface area (Å²) in [4.78, 5) is 12.1. The summed E-state index contributed by atoms with van der Waals surface area (Å²) >= 11 is 0. The summed E-state index contributed by atoms with van der Waals surface area (Å²) in [6, 6.07) is 11.5. The predicted molar refractivity (Wildman–Crippen MR) is 83.7 cm³/mol. The fourth-order valence-electron chi connectivity index (χ4n) is 2.21. The molecule has 1 aromatic heterocycles. The maximum absolute atomic E-state index is 12.1. The van der Waals surface area contributed by atoms with Crippen LogP contribution in [0, 0.1) is 0 Å². The Hall–Kier alpha value is -2.07. The van der Waals surface area contributed by atoms with Crippen LogP contribution in [0.2, 0.25) is 0 Å². The molecule has 0 radical (unpaired) electrons. The summed E-state index contributed by atoms with van der Waals surface area (Å²) < 4.78 is 1.98. The fourth-order valence-corrected chi connectivity index (χ4v) is 2.21. The van der Waals surface area contributed by atoms with E-state index in [2.05, 4.69) is 5.32 Å². The minimum absolute atomic E-state index is 0.0360. The number of aliphatic hydroxyl groups excluding tert-OH is 1. The number of carbonyl (C=O) groups excluding carboxylic acids is 1. The van der Waals surface area contributed by atoms with E-state index in [0.29, 0.717) is 12.1 Å². The smallest absolute Gasteiger partial charge is 0.251 e. The van der Waals surface area contributed by atoms with Crippen LogP contribution in [0.15, 0.2) is 48.8 Å².